The highest BCUT2D eigenvalue weighted by atomic mass is 32.1. The fourth-order valence-electron chi connectivity index (χ4n) is 2.86. The molecule has 0 saturated heterocycles. The average Bonchev–Trinajstić information content (AvgIpc) is 3.23. The second-order valence-corrected chi connectivity index (χ2v) is 7.16. The van der Waals surface area contributed by atoms with Crippen LogP contribution in [0, 0.1) is 0 Å². The van der Waals surface area contributed by atoms with Gasteiger partial charge < -0.3 is 19.5 Å². The molecule has 3 rings (SSSR count). The molecular formula is C19H21NO5S. The van der Waals surface area contributed by atoms with Gasteiger partial charge in [-0.05, 0) is 49.9 Å². The Labute approximate surface area is 156 Å². The van der Waals surface area contributed by atoms with Crippen LogP contribution in [-0.2, 0) is 22.4 Å². The second-order valence-electron chi connectivity index (χ2n) is 6.02. The van der Waals surface area contributed by atoms with Crippen LogP contribution in [0.3, 0.4) is 0 Å². The normalized spacial score (nSPS) is 13.7. The fourth-order valence-corrected chi connectivity index (χ4v) is 4.00. The maximum absolute atomic E-state index is 12.3. The predicted octanol–water partition coefficient (Wildman–Crippen LogP) is 3.44. The molecule has 1 aliphatic rings. The standard InChI is InChI=1S/C19H21NO5S/c1-11(25-19(22)17-9-12-5-4-6-16(12)26-17)18(21)20-13-7-8-14(23-2)15(10-13)24-3/h7-11H,4-6H2,1-3H3,(H,20,21)/t11-/m0/s1. The van der Waals surface area contributed by atoms with Crippen molar-refractivity contribution in [3.05, 3.63) is 39.6 Å². The summed E-state index contributed by atoms with van der Waals surface area (Å²) in [5.41, 5.74) is 1.76. The number of ether oxygens (including phenoxy) is 3. The first-order valence-electron chi connectivity index (χ1n) is 8.37. The molecule has 1 heterocycles. The molecule has 138 valence electrons. The zero-order valence-electron chi connectivity index (χ0n) is 15.0. The molecule has 1 amide bonds. The summed E-state index contributed by atoms with van der Waals surface area (Å²) in [6.07, 6.45) is 2.25. The quantitative estimate of drug-likeness (QED) is 0.783. The first-order valence-corrected chi connectivity index (χ1v) is 9.19. The van der Waals surface area contributed by atoms with Gasteiger partial charge in [0.1, 0.15) is 4.88 Å². The molecule has 7 heteroatoms. The molecule has 6 nitrogen and oxygen atoms in total. The van der Waals surface area contributed by atoms with Crippen molar-refractivity contribution in [2.24, 2.45) is 0 Å². The molecule has 0 radical (unpaired) electrons. The minimum absolute atomic E-state index is 0.408. The van der Waals surface area contributed by atoms with Crippen molar-refractivity contribution < 1.29 is 23.8 Å². The maximum atomic E-state index is 12.3. The van der Waals surface area contributed by atoms with E-state index in [1.807, 2.05) is 6.07 Å². The molecule has 1 atom stereocenters. The van der Waals surface area contributed by atoms with Gasteiger partial charge in [-0.15, -0.1) is 11.3 Å². The van der Waals surface area contributed by atoms with Crippen molar-refractivity contribution in [2.45, 2.75) is 32.3 Å². The summed E-state index contributed by atoms with van der Waals surface area (Å²) in [5, 5.41) is 2.72. The number of carbonyl (C=O) groups is 2. The molecule has 0 aliphatic heterocycles. The Bertz CT molecular complexity index is 808. The van der Waals surface area contributed by atoms with Crippen LogP contribution in [-0.4, -0.2) is 32.2 Å². The molecule has 0 bridgehead atoms. The van der Waals surface area contributed by atoms with Gasteiger partial charge in [0.25, 0.3) is 5.91 Å². The van der Waals surface area contributed by atoms with E-state index in [0.29, 0.717) is 22.1 Å². The van der Waals surface area contributed by atoms with Crippen LogP contribution in [0.1, 0.15) is 33.5 Å². The molecule has 0 saturated carbocycles. The number of fused-ring (bicyclic) bond motifs is 1. The van der Waals surface area contributed by atoms with E-state index >= 15 is 0 Å². The third-order valence-corrected chi connectivity index (χ3v) is 5.47. The molecule has 1 aromatic heterocycles. The third kappa shape index (κ3) is 3.83. The number of carbonyl (C=O) groups excluding carboxylic acids is 2. The number of thiophene rings is 1. The van der Waals surface area contributed by atoms with E-state index in [0.717, 1.165) is 19.3 Å². The Morgan fingerprint density at radius 2 is 1.88 bits per heavy atom. The number of methoxy groups -OCH3 is 2. The highest BCUT2D eigenvalue weighted by Crippen LogP contribution is 2.31. The second kappa shape index (κ2) is 7.78. The first kappa shape index (κ1) is 18.3. The van der Waals surface area contributed by atoms with E-state index < -0.39 is 18.0 Å². The number of benzene rings is 1. The minimum atomic E-state index is -0.910. The smallest absolute Gasteiger partial charge is 0.349 e. The molecule has 0 unspecified atom stereocenters. The summed E-state index contributed by atoms with van der Waals surface area (Å²) in [4.78, 5) is 26.4. The Morgan fingerprint density at radius 1 is 1.12 bits per heavy atom. The zero-order chi connectivity index (χ0) is 18.7. The van der Waals surface area contributed by atoms with Crippen LogP contribution >= 0.6 is 11.3 Å². The molecule has 26 heavy (non-hydrogen) atoms. The fraction of sp³-hybridized carbons (Fsp3) is 0.368. The molecule has 0 spiro atoms. The summed E-state index contributed by atoms with van der Waals surface area (Å²) >= 11 is 1.46. The summed E-state index contributed by atoms with van der Waals surface area (Å²) in [6, 6.07) is 6.92. The lowest BCUT2D eigenvalue weighted by atomic mass is 10.2. The van der Waals surface area contributed by atoms with Crippen molar-refractivity contribution >= 4 is 28.9 Å². The Morgan fingerprint density at radius 3 is 2.58 bits per heavy atom. The number of hydrogen-bond donors (Lipinski definition) is 1. The van der Waals surface area contributed by atoms with E-state index in [1.165, 1.54) is 36.0 Å². The predicted molar refractivity (Wildman–Crippen MR) is 99.4 cm³/mol. The number of esters is 1. The molecule has 1 aliphatic carbocycles. The molecule has 1 aromatic carbocycles. The number of aryl methyl sites for hydroxylation is 2. The van der Waals surface area contributed by atoms with Gasteiger partial charge in [0.15, 0.2) is 17.6 Å². The number of rotatable bonds is 6. The molecular weight excluding hydrogens is 354 g/mol. The van der Waals surface area contributed by atoms with Gasteiger partial charge in [-0.2, -0.15) is 0 Å². The summed E-state index contributed by atoms with van der Waals surface area (Å²) in [6.45, 7) is 1.55. The van der Waals surface area contributed by atoms with Gasteiger partial charge in [0.2, 0.25) is 0 Å². The van der Waals surface area contributed by atoms with Crippen molar-refractivity contribution in [3.8, 4) is 11.5 Å². The monoisotopic (exact) mass is 375 g/mol. The molecule has 1 N–H and O–H groups in total. The van der Waals surface area contributed by atoms with Crippen LogP contribution in [0.5, 0.6) is 11.5 Å². The van der Waals surface area contributed by atoms with E-state index in [2.05, 4.69) is 5.32 Å². The Kier molecular flexibility index (Phi) is 5.46. The van der Waals surface area contributed by atoms with Crippen molar-refractivity contribution in [3.63, 3.8) is 0 Å². The Hall–Kier alpha value is -2.54. The van der Waals surface area contributed by atoms with Gasteiger partial charge in [-0.3, -0.25) is 4.79 Å². The first-order chi connectivity index (χ1) is 12.5. The van der Waals surface area contributed by atoms with Crippen LogP contribution in [0.4, 0.5) is 5.69 Å². The van der Waals surface area contributed by atoms with Gasteiger partial charge in [-0.25, -0.2) is 4.79 Å². The average molecular weight is 375 g/mol. The maximum Gasteiger partial charge on any atom is 0.349 e. The van der Waals surface area contributed by atoms with E-state index in [-0.39, 0.29) is 0 Å². The summed E-state index contributed by atoms with van der Waals surface area (Å²) in [5.74, 6) is 0.202. The largest absolute Gasteiger partial charge is 0.493 e. The van der Waals surface area contributed by atoms with Crippen molar-refractivity contribution in [1.82, 2.24) is 0 Å². The topological polar surface area (TPSA) is 73.9 Å². The van der Waals surface area contributed by atoms with E-state index in [1.54, 1.807) is 25.1 Å². The lowest BCUT2D eigenvalue weighted by molar-refractivity contribution is -0.123. The van der Waals surface area contributed by atoms with Crippen LogP contribution in [0.25, 0.3) is 0 Å². The number of anilines is 1. The lowest BCUT2D eigenvalue weighted by Crippen LogP contribution is -2.29. The summed E-state index contributed by atoms with van der Waals surface area (Å²) in [7, 11) is 3.06. The van der Waals surface area contributed by atoms with Crippen LogP contribution in [0.15, 0.2) is 24.3 Å². The van der Waals surface area contributed by atoms with Gasteiger partial charge in [-0.1, -0.05) is 0 Å². The molecule has 2 aromatic rings. The Balaban J connectivity index is 1.61. The van der Waals surface area contributed by atoms with Crippen LogP contribution < -0.4 is 14.8 Å². The SMILES string of the molecule is COc1ccc(NC(=O)[C@H](C)OC(=O)c2cc3c(s2)CCC3)cc1OC. The van der Waals surface area contributed by atoms with E-state index in [9.17, 15) is 9.59 Å². The summed E-state index contributed by atoms with van der Waals surface area (Å²) < 4.78 is 15.7. The van der Waals surface area contributed by atoms with Gasteiger partial charge >= 0.3 is 5.97 Å². The highest BCUT2D eigenvalue weighted by Gasteiger charge is 2.23. The number of amides is 1. The third-order valence-electron chi connectivity index (χ3n) is 4.25. The van der Waals surface area contributed by atoms with Crippen molar-refractivity contribution in [1.29, 1.82) is 0 Å². The zero-order valence-corrected chi connectivity index (χ0v) is 15.8. The van der Waals surface area contributed by atoms with Crippen molar-refractivity contribution in [2.75, 3.05) is 19.5 Å². The van der Waals surface area contributed by atoms with Gasteiger partial charge in [0.05, 0.1) is 14.2 Å². The van der Waals surface area contributed by atoms with Gasteiger partial charge in [0, 0.05) is 16.6 Å². The number of hydrogen-bond acceptors (Lipinski definition) is 6. The van der Waals surface area contributed by atoms with Crippen LogP contribution in [0.2, 0.25) is 0 Å². The van der Waals surface area contributed by atoms with E-state index in [4.69, 9.17) is 14.2 Å². The minimum Gasteiger partial charge on any atom is -0.493 e. The number of nitrogens with one attached hydrogen (secondary N) is 1. The highest BCUT2D eigenvalue weighted by molar-refractivity contribution is 7.14. The molecule has 0 fully saturated rings. The lowest BCUT2D eigenvalue weighted by Gasteiger charge is -2.14.